The summed E-state index contributed by atoms with van der Waals surface area (Å²) in [7, 11) is -4.02. The van der Waals surface area contributed by atoms with E-state index in [0.717, 1.165) is 17.7 Å². The summed E-state index contributed by atoms with van der Waals surface area (Å²) in [5, 5.41) is 3.69. The molecule has 0 saturated carbocycles. The van der Waals surface area contributed by atoms with Gasteiger partial charge in [0.25, 0.3) is 0 Å². The fourth-order valence-corrected chi connectivity index (χ4v) is 4.34. The van der Waals surface area contributed by atoms with E-state index in [-0.39, 0.29) is 18.0 Å². The monoisotopic (exact) mass is 380 g/mol. The van der Waals surface area contributed by atoms with Crippen molar-refractivity contribution >= 4 is 21.4 Å². The van der Waals surface area contributed by atoms with Crippen LogP contribution in [0.2, 0.25) is 0 Å². The Labute approximate surface area is 148 Å². The smallest absolute Gasteiger partial charge is 0.243 e. The third-order valence-electron chi connectivity index (χ3n) is 3.53. The number of hydrogen-bond acceptors (Lipinski definition) is 4. The van der Waals surface area contributed by atoms with Crippen LogP contribution in [0.5, 0.6) is 0 Å². The molecule has 0 amide bonds. The molecule has 1 aromatic carbocycles. The molecule has 0 aliphatic rings. The highest BCUT2D eigenvalue weighted by molar-refractivity contribution is 7.89. The maximum absolute atomic E-state index is 13.5. The van der Waals surface area contributed by atoms with E-state index < -0.39 is 21.7 Å². The zero-order valence-corrected chi connectivity index (χ0v) is 14.6. The van der Waals surface area contributed by atoms with Crippen LogP contribution in [0, 0.1) is 11.6 Å². The average Bonchev–Trinajstić information content (AvgIpc) is 3.11. The number of thiophene rings is 1. The highest BCUT2D eigenvalue weighted by atomic mass is 32.2. The van der Waals surface area contributed by atoms with Crippen molar-refractivity contribution in [1.29, 1.82) is 0 Å². The van der Waals surface area contributed by atoms with Crippen molar-refractivity contribution in [3.05, 3.63) is 82.3 Å². The number of hydrogen-bond donors (Lipinski definition) is 0. The Balaban J connectivity index is 1.97. The molecule has 4 nitrogen and oxygen atoms in total. The van der Waals surface area contributed by atoms with Gasteiger partial charge in [0.1, 0.15) is 0 Å². The van der Waals surface area contributed by atoms with Crippen LogP contribution >= 0.6 is 11.3 Å². The van der Waals surface area contributed by atoms with Gasteiger partial charge in [-0.1, -0.05) is 6.07 Å². The minimum atomic E-state index is -4.02. The maximum Gasteiger partial charge on any atom is 0.243 e. The van der Waals surface area contributed by atoms with Crippen molar-refractivity contribution in [3.63, 3.8) is 0 Å². The highest BCUT2D eigenvalue weighted by Gasteiger charge is 2.26. The lowest BCUT2D eigenvalue weighted by atomic mass is 10.3. The lowest BCUT2D eigenvalue weighted by Gasteiger charge is -2.21. The number of halogens is 2. The van der Waals surface area contributed by atoms with Crippen LogP contribution in [0.1, 0.15) is 11.3 Å². The predicted octanol–water partition coefficient (Wildman–Crippen LogP) is 3.81. The molecule has 3 aromatic rings. The molecule has 0 spiro atoms. The standard InChI is InChI=1S/C17H14F2N2O2S2/c18-16-5-4-15(9-17(16)19)25(22,23)21(10-13-6-8-24-12-13)11-14-3-1-2-7-20-14/h1-9,12H,10-11H2. The van der Waals surface area contributed by atoms with E-state index in [2.05, 4.69) is 4.98 Å². The van der Waals surface area contributed by atoms with Crippen molar-refractivity contribution in [2.24, 2.45) is 0 Å². The van der Waals surface area contributed by atoms with Gasteiger partial charge in [-0.05, 0) is 52.7 Å². The molecular weight excluding hydrogens is 366 g/mol. The van der Waals surface area contributed by atoms with E-state index in [9.17, 15) is 17.2 Å². The number of pyridine rings is 1. The van der Waals surface area contributed by atoms with Gasteiger partial charge in [0.2, 0.25) is 10.0 Å². The van der Waals surface area contributed by atoms with Gasteiger partial charge >= 0.3 is 0 Å². The van der Waals surface area contributed by atoms with Crippen LogP contribution in [0.25, 0.3) is 0 Å². The summed E-state index contributed by atoms with van der Waals surface area (Å²) in [5.41, 5.74) is 1.37. The van der Waals surface area contributed by atoms with E-state index in [0.29, 0.717) is 11.8 Å². The summed E-state index contributed by atoms with van der Waals surface area (Å²) < 4.78 is 53.7. The van der Waals surface area contributed by atoms with E-state index in [1.54, 1.807) is 24.4 Å². The topological polar surface area (TPSA) is 50.3 Å². The summed E-state index contributed by atoms with van der Waals surface area (Å²) in [4.78, 5) is 3.86. The van der Waals surface area contributed by atoms with E-state index in [1.165, 1.54) is 15.6 Å². The molecule has 0 radical (unpaired) electrons. The van der Waals surface area contributed by atoms with Gasteiger partial charge in [-0.25, -0.2) is 17.2 Å². The van der Waals surface area contributed by atoms with Crippen LogP contribution in [-0.2, 0) is 23.1 Å². The summed E-state index contributed by atoms with van der Waals surface area (Å²) in [6.45, 7) is 0.138. The molecule has 0 N–H and O–H groups in total. The van der Waals surface area contributed by atoms with E-state index in [1.807, 2.05) is 16.8 Å². The van der Waals surface area contributed by atoms with Crippen molar-refractivity contribution in [2.45, 2.75) is 18.0 Å². The molecule has 0 saturated heterocycles. The van der Waals surface area contributed by atoms with Gasteiger partial charge in [-0.15, -0.1) is 0 Å². The van der Waals surface area contributed by atoms with Crippen molar-refractivity contribution < 1.29 is 17.2 Å². The highest BCUT2D eigenvalue weighted by Crippen LogP contribution is 2.23. The average molecular weight is 380 g/mol. The second-order valence-electron chi connectivity index (χ2n) is 5.30. The lowest BCUT2D eigenvalue weighted by Crippen LogP contribution is -2.30. The fraction of sp³-hybridized carbons (Fsp3) is 0.118. The van der Waals surface area contributed by atoms with Gasteiger partial charge in [0.05, 0.1) is 17.1 Å². The number of sulfonamides is 1. The van der Waals surface area contributed by atoms with Crippen LogP contribution in [0.15, 0.2) is 64.3 Å². The van der Waals surface area contributed by atoms with Crippen molar-refractivity contribution in [2.75, 3.05) is 0 Å². The number of aromatic nitrogens is 1. The van der Waals surface area contributed by atoms with Gasteiger partial charge in [0, 0.05) is 12.7 Å². The summed E-state index contributed by atoms with van der Waals surface area (Å²) >= 11 is 1.45. The molecular formula is C17H14F2N2O2S2. The first-order valence-electron chi connectivity index (χ1n) is 7.33. The molecule has 2 heterocycles. The van der Waals surface area contributed by atoms with Crippen LogP contribution < -0.4 is 0 Å². The van der Waals surface area contributed by atoms with E-state index in [4.69, 9.17) is 0 Å². The van der Waals surface area contributed by atoms with Crippen molar-refractivity contribution in [3.8, 4) is 0 Å². The molecule has 3 rings (SSSR count). The van der Waals surface area contributed by atoms with Gasteiger partial charge in [-0.3, -0.25) is 4.98 Å². The SMILES string of the molecule is O=S(=O)(c1ccc(F)c(F)c1)N(Cc1ccsc1)Cc1ccccn1. The van der Waals surface area contributed by atoms with Gasteiger partial charge in [-0.2, -0.15) is 15.6 Å². The normalized spacial score (nSPS) is 11.8. The second-order valence-corrected chi connectivity index (χ2v) is 8.02. The second kappa shape index (κ2) is 7.38. The Hall–Kier alpha value is -2.16. The molecule has 130 valence electrons. The van der Waals surface area contributed by atoms with Crippen LogP contribution in [-0.4, -0.2) is 17.7 Å². The third-order valence-corrected chi connectivity index (χ3v) is 6.05. The lowest BCUT2D eigenvalue weighted by molar-refractivity contribution is 0.396. The molecule has 2 aromatic heterocycles. The Morgan fingerprint density at radius 1 is 1.04 bits per heavy atom. The van der Waals surface area contributed by atoms with Gasteiger partial charge in [0.15, 0.2) is 11.6 Å². The third kappa shape index (κ3) is 4.09. The molecule has 0 unspecified atom stereocenters. The Morgan fingerprint density at radius 3 is 2.52 bits per heavy atom. The first kappa shape index (κ1) is 17.7. The first-order chi connectivity index (χ1) is 12.0. The summed E-state index contributed by atoms with van der Waals surface area (Å²) in [6.07, 6.45) is 1.57. The summed E-state index contributed by atoms with van der Waals surface area (Å²) in [5.74, 6) is -2.29. The number of benzene rings is 1. The minimum Gasteiger partial charge on any atom is -0.260 e. The van der Waals surface area contributed by atoms with Crippen LogP contribution in [0.3, 0.4) is 0 Å². The number of rotatable bonds is 6. The maximum atomic E-state index is 13.5. The molecule has 0 aliphatic carbocycles. The molecule has 0 bridgehead atoms. The predicted molar refractivity (Wildman–Crippen MR) is 91.3 cm³/mol. The minimum absolute atomic E-state index is 0.0258. The molecule has 0 atom stereocenters. The zero-order chi connectivity index (χ0) is 17.9. The Bertz CT molecular complexity index is 946. The quantitative estimate of drug-likeness (QED) is 0.653. The Morgan fingerprint density at radius 2 is 1.88 bits per heavy atom. The van der Waals surface area contributed by atoms with Gasteiger partial charge < -0.3 is 0 Å². The Kier molecular flexibility index (Phi) is 5.22. The summed E-state index contributed by atoms with van der Waals surface area (Å²) in [6, 6.07) is 9.59. The zero-order valence-electron chi connectivity index (χ0n) is 13.0. The first-order valence-corrected chi connectivity index (χ1v) is 9.71. The fourth-order valence-electron chi connectivity index (χ4n) is 2.27. The van der Waals surface area contributed by atoms with Crippen molar-refractivity contribution in [1.82, 2.24) is 9.29 Å². The molecule has 0 fully saturated rings. The van der Waals surface area contributed by atoms with Crippen LogP contribution in [0.4, 0.5) is 8.78 Å². The molecule has 8 heteroatoms. The number of nitrogens with zero attached hydrogens (tertiary/aromatic N) is 2. The molecule has 25 heavy (non-hydrogen) atoms. The molecule has 0 aliphatic heterocycles. The largest absolute Gasteiger partial charge is 0.260 e. The van der Waals surface area contributed by atoms with E-state index >= 15 is 0 Å².